The number of hydrogen-bond acceptors (Lipinski definition) is 2. The molecule has 0 bridgehead atoms. The zero-order valence-electron chi connectivity index (χ0n) is 12.8. The molecule has 114 valence electrons. The maximum Gasteiger partial charge on any atom is 0.164 e. The van der Waals surface area contributed by atoms with Crippen LogP contribution in [0.25, 0.3) is 0 Å². The normalized spacial score (nSPS) is 13.8. The molecule has 0 aliphatic carbocycles. The number of aliphatic hydroxyl groups is 1. The molecule has 0 radical (unpaired) electrons. The molecule has 20 heavy (non-hydrogen) atoms. The Bertz CT molecular complexity index is 428. The van der Waals surface area contributed by atoms with Gasteiger partial charge in [-0.1, -0.05) is 39.8 Å². The lowest BCUT2D eigenvalue weighted by Crippen LogP contribution is -2.52. The van der Waals surface area contributed by atoms with Gasteiger partial charge in [-0.25, -0.2) is 8.78 Å². The first-order valence-electron chi connectivity index (χ1n) is 7.35. The highest BCUT2D eigenvalue weighted by Gasteiger charge is 2.41. The fraction of sp³-hybridized carbons (Fsp3) is 0.625. The molecule has 1 rings (SSSR count). The van der Waals surface area contributed by atoms with E-state index in [1.807, 2.05) is 27.7 Å². The van der Waals surface area contributed by atoms with Crippen molar-refractivity contribution in [1.29, 1.82) is 0 Å². The third kappa shape index (κ3) is 2.86. The molecule has 0 saturated carbocycles. The minimum atomic E-state index is -1.05. The Morgan fingerprint density at radius 1 is 1.10 bits per heavy atom. The van der Waals surface area contributed by atoms with Crippen LogP contribution in [0, 0.1) is 11.6 Å². The maximum atomic E-state index is 14.0. The number of hydrogen-bond donors (Lipinski definition) is 1. The second kappa shape index (κ2) is 7.14. The molecular weight excluding hydrogens is 260 g/mol. The summed E-state index contributed by atoms with van der Waals surface area (Å²) in [5.41, 5.74) is -0.529. The van der Waals surface area contributed by atoms with Crippen LogP contribution < -0.4 is 0 Å². The highest BCUT2D eigenvalue weighted by Crippen LogP contribution is 2.38. The Labute approximate surface area is 120 Å². The smallest absolute Gasteiger partial charge is 0.164 e. The average Bonchev–Trinajstić information content (AvgIpc) is 2.47. The minimum absolute atomic E-state index is 0.0422. The second-order valence-corrected chi connectivity index (χ2v) is 5.03. The molecule has 0 aliphatic rings. The molecule has 0 saturated heterocycles. The van der Waals surface area contributed by atoms with Gasteiger partial charge in [-0.2, -0.15) is 0 Å². The van der Waals surface area contributed by atoms with Gasteiger partial charge in [-0.05, 0) is 32.0 Å². The van der Waals surface area contributed by atoms with Gasteiger partial charge in [0.15, 0.2) is 11.6 Å². The molecule has 1 unspecified atom stereocenters. The van der Waals surface area contributed by atoms with Gasteiger partial charge >= 0.3 is 0 Å². The van der Waals surface area contributed by atoms with E-state index in [2.05, 4.69) is 4.90 Å². The molecule has 1 atom stereocenters. The molecule has 0 heterocycles. The van der Waals surface area contributed by atoms with Gasteiger partial charge in [0, 0.05) is 5.56 Å². The van der Waals surface area contributed by atoms with Crippen molar-refractivity contribution in [1.82, 2.24) is 4.90 Å². The molecular formula is C16H25F2NO. The van der Waals surface area contributed by atoms with Crippen molar-refractivity contribution in [3.05, 3.63) is 35.4 Å². The molecule has 1 aromatic rings. The van der Waals surface area contributed by atoms with E-state index in [1.54, 1.807) is 0 Å². The van der Waals surface area contributed by atoms with Crippen LogP contribution in [0.1, 0.15) is 52.2 Å². The SMILES string of the molecule is CCN(CC)C(CC)(CC)C(O)c1cccc(F)c1F. The third-order valence-electron chi connectivity index (χ3n) is 4.40. The first-order chi connectivity index (χ1) is 9.48. The van der Waals surface area contributed by atoms with Crippen molar-refractivity contribution < 1.29 is 13.9 Å². The van der Waals surface area contributed by atoms with Crippen molar-refractivity contribution in [2.45, 2.75) is 52.2 Å². The van der Waals surface area contributed by atoms with Crippen molar-refractivity contribution >= 4 is 0 Å². The van der Waals surface area contributed by atoms with Crippen LogP contribution in [-0.2, 0) is 0 Å². The molecule has 1 N–H and O–H groups in total. The van der Waals surface area contributed by atoms with E-state index in [-0.39, 0.29) is 5.56 Å². The Kier molecular flexibility index (Phi) is 6.08. The zero-order valence-corrected chi connectivity index (χ0v) is 12.8. The summed E-state index contributed by atoms with van der Waals surface area (Å²) in [5.74, 6) is -1.86. The Balaban J connectivity index is 3.30. The van der Waals surface area contributed by atoms with E-state index in [4.69, 9.17) is 0 Å². The molecule has 0 amide bonds. The number of benzene rings is 1. The number of likely N-dealkylation sites (N-methyl/N-ethyl adjacent to an activating group) is 1. The lowest BCUT2D eigenvalue weighted by atomic mass is 9.80. The maximum absolute atomic E-state index is 14.0. The third-order valence-corrected chi connectivity index (χ3v) is 4.40. The van der Waals surface area contributed by atoms with Crippen molar-refractivity contribution in [3.8, 4) is 0 Å². The molecule has 0 aromatic heterocycles. The summed E-state index contributed by atoms with van der Waals surface area (Å²) in [6.45, 7) is 9.49. The lowest BCUT2D eigenvalue weighted by Gasteiger charge is -2.46. The van der Waals surface area contributed by atoms with Crippen LogP contribution in [0.15, 0.2) is 18.2 Å². The van der Waals surface area contributed by atoms with Gasteiger partial charge in [-0.15, -0.1) is 0 Å². The number of rotatable bonds is 7. The molecule has 0 aliphatic heterocycles. The van der Waals surface area contributed by atoms with Crippen LogP contribution in [0.5, 0.6) is 0 Å². The fourth-order valence-electron chi connectivity index (χ4n) is 3.13. The van der Waals surface area contributed by atoms with Gasteiger partial charge < -0.3 is 5.11 Å². The van der Waals surface area contributed by atoms with E-state index < -0.39 is 23.3 Å². The molecule has 2 nitrogen and oxygen atoms in total. The van der Waals surface area contributed by atoms with E-state index in [0.717, 1.165) is 19.2 Å². The largest absolute Gasteiger partial charge is 0.386 e. The second-order valence-electron chi connectivity index (χ2n) is 5.03. The number of halogens is 2. The van der Waals surface area contributed by atoms with Crippen molar-refractivity contribution in [2.75, 3.05) is 13.1 Å². The summed E-state index contributed by atoms with van der Waals surface area (Å²) < 4.78 is 27.4. The number of aliphatic hydroxyl groups excluding tert-OH is 1. The summed E-state index contributed by atoms with van der Waals surface area (Å²) >= 11 is 0. The zero-order chi connectivity index (χ0) is 15.3. The predicted octanol–water partition coefficient (Wildman–Crippen LogP) is 3.90. The van der Waals surface area contributed by atoms with E-state index >= 15 is 0 Å². The summed E-state index contributed by atoms with van der Waals surface area (Å²) in [6, 6.07) is 3.98. The molecule has 0 spiro atoms. The molecule has 1 aromatic carbocycles. The van der Waals surface area contributed by atoms with E-state index in [1.165, 1.54) is 12.1 Å². The highest BCUT2D eigenvalue weighted by atomic mass is 19.2. The summed E-state index contributed by atoms with van der Waals surface area (Å²) in [4.78, 5) is 2.13. The van der Waals surface area contributed by atoms with Crippen LogP contribution in [0.4, 0.5) is 8.78 Å². The van der Waals surface area contributed by atoms with Crippen LogP contribution in [0.3, 0.4) is 0 Å². The fourth-order valence-corrected chi connectivity index (χ4v) is 3.13. The highest BCUT2D eigenvalue weighted by molar-refractivity contribution is 5.24. The summed E-state index contributed by atoms with van der Waals surface area (Å²) in [7, 11) is 0. The van der Waals surface area contributed by atoms with Gasteiger partial charge in [0.05, 0.1) is 5.54 Å². The molecule has 4 heteroatoms. The van der Waals surface area contributed by atoms with Gasteiger partial charge in [0.25, 0.3) is 0 Å². The van der Waals surface area contributed by atoms with Gasteiger partial charge in [0.1, 0.15) is 6.10 Å². The van der Waals surface area contributed by atoms with Gasteiger partial charge in [0.2, 0.25) is 0 Å². The standard InChI is InChI=1S/C16H25F2NO/c1-5-16(6-2,19(7-3)8-4)15(20)12-10-9-11-13(17)14(12)18/h9-11,15,20H,5-8H2,1-4H3. The Morgan fingerprint density at radius 2 is 1.65 bits per heavy atom. The Morgan fingerprint density at radius 3 is 2.10 bits per heavy atom. The summed E-state index contributed by atoms with van der Waals surface area (Å²) in [5, 5.41) is 10.7. The summed E-state index contributed by atoms with van der Waals surface area (Å²) in [6.07, 6.45) is 0.290. The van der Waals surface area contributed by atoms with E-state index in [0.29, 0.717) is 12.8 Å². The number of nitrogens with zero attached hydrogens (tertiary/aromatic N) is 1. The topological polar surface area (TPSA) is 23.5 Å². The first-order valence-corrected chi connectivity index (χ1v) is 7.35. The lowest BCUT2D eigenvalue weighted by molar-refractivity contribution is -0.0384. The van der Waals surface area contributed by atoms with Gasteiger partial charge in [-0.3, -0.25) is 4.90 Å². The van der Waals surface area contributed by atoms with E-state index in [9.17, 15) is 13.9 Å². The van der Waals surface area contributed by atoms with Crippen LogP contribution >= 0.6 is 0 Å². The quantitative estimate of drug-likeness (QED) is 0.821. The van der Waals surface area contributed by atoms with Crippen LogP contribution in [-0.4, -0.2) is 28.6 Å². The Hall–Kier alpha value is -1.00. The minimum Gasteiger partial charge on any atom is -0.386 e. The molecule has 0 fully saturated rings. The average molecular weight is 285 g/mol. The first kappa shape index (κ1) is 17.1. The predicted molar refractivity (Wildman–Crippen MR) is 77.6 cm³/mol. The monoisotopic (exact) mass is 285 g/mol. The van der Waals surface area contributed by atoms with Crippen molar-refractivity contribution in [2.24, 2.45) is 0 Å². The van der Waals surface area contributed by atoms with Crippen LogP contribution in [0.2, 0.25) is 0 Å². The van der Waals surface area contributed by atoms with Crippen molar-refractivity contribution in [3.63, 3.8) is 0 Å².